The molecule has 0 unspecified atom stereocenters. The highest BCUT2D eigenvalue weighted by Crippen LogP contribution is 2.46. The van der Waals surface area contributed by atoms with Gasteiger partial charge in [0.1, 0.15) is 0 Å². The third-order valence-electron chi connectivity index (χ3n) is 5.52. The fraction of sp³-hybridized carbons (Fsp3) is 0.0345. The van der Waals surface area contributed by atoms with Gasteiger partial charge in [-0.05, 0) is 41.4 Å². The predicted molar refractivity (Wildman–Crippen MR) is 136 cm³/mol. The van der Waals surface area contributed by atoms with Crippen LogP contribution in [0.5, 0.6) is 0 Å². The van der Waals surface area contributed by atoms with Gasteiger partial charge in [-0.1, -0.05) is 127 Å². The van der Waals surface area contributed by atoms with Crippen molar-refractivity contribution in [3.8, 4) is 0 Å². The van der Waals surface area contributed by atoms with Gasteiger partial charge in [-0.2, -0.15) is 0 Å². The number of ketones is 1. The monoisotopic (exact) mass is 420 g/mol. The summed E-state index contributed by atoms with van der Waals surface area (Å²) in [6.45, 7) is -0.293. The van der Waals surface area contributed by atoms with Crippen LogP contribution in [0.4, 0.5) is 0 Å². The van der Waals surface area contributed by atoms with E-state index in [9.17, 15) is 4.79 Å². The molecular weight excluding hydrogens is 395 g/mol. The molecule has 0 radical (unpaired) electrons. The SMILES string of the molecule is CC(C(=O)/C=C/c1ccccc1)=P(c1ccccc1)(c1ccccc1)c1ccccc1. The first-order chi connectivity index (χ1) is 15.2. The number of hydrogen-bond acceptors (Lipinski definition) is 1. The molecule has 0 aromatic heterocycles. The molecule has 1 nitrogen and oxygen atoms in total. The Morgan fingerprint density at radius 2 is 0.935 bits per heavy atom. The van der Waals surface area contributed by atoms with Crippen molar-refractivity contribution in [2.24, 2.45) is 0 Å². The Kier molecular flexibility index (Phi) is 6.46. The second-order valence-electron chi connectivity index (χ2n) is 7.37. The Balaban J connectivity index is 2.02. The lowest BCUT2D eigenvalue weighted by atomic mass is 10.2. The third kappa shape index (κ3) is 4.24. The Morgan fingerprint density at radius 3 is 1.32 bits per heavy atom. The van der Waals surface area contributed by atoms with Crippen molar-refractivity contribution in [1.82, 2.24) is 0 Å². The summed E-state index contributed by atoms with van der Waals surface area (Å²) < 4.78 is 0. The van der Waals surface area contributed by atoms with Gasteiger partial charge < -0.3 is 0 Å². The molecule has 0 spiro atoms. The number of rotatable bonds is 6. The number of benzene rings is 4. The van der Waals surface area contributed by atoms with Gasteiger partial charge in [0, 0.05) is 5.29 Å². The predicted octanol–water partition coefficient (Wildman–Crippen LogP) is 5.46. The van der Waals surface area contributed by atoms with Gasteiger partial charge in [0.15, 0.2) is 5.78 Å². The summed E-state index contributed by atoms with van der Waals surface area (Å²) in [5.74, 6) is 0.0637. The van der Waals surface area contributed by atoms with Gasteiger partial charge in [0.2, 0.25) is 0 Å². The van der Waals surface area contributed by atoms with Gasteiger partial charge in [0.25, 0.3) is 0 Å². The molecule has 4 aromatic rings. The molecule has 0 aliphatic heterocycles. The molecular formula is C29H25OP. The number of carbonyl (C=O) groups excluding carboxylic acids is 1. The Morgan fingerprint density at radius 1 is 0.581 bits per heavy atom. The highest BCUT2D eigenvalue weighted by atomic mass is 31.2. The molecule has 0 aliphatic carbocycles. The van der Waals surface area contributed by atoms with Crippen LogP contribution in [0.1, 0.15) is 12.5 Å². The van der Waals surface area contributed by atoms with Crippen LogP contribution in [-0.4, -0.2) is 11.1 Å². The van der Waals surface area contributed by atoms with E-state index < -0.39 is 6.89 Å². The summed E-state index contributed by atoms with van der Waals surface area (Å²) in [7, 11) is 0. The van der Waals surface area contributed by atoms with E-state index in [2.05, 4.69) is 72.8 Å². The smallest absolute Gasteiger partial charge is 0.182 e. The average molecular weight is 420 g/mol. The summed E-state index contributed by atoms with van der Waals surface area (Å²) in [4.78, 5) is 13.6. The minimum atomic E-state index is -2.31. The van der Waals surface area contributed by atoms with Gasteiger partial charge in [-0.15, -0.1) is 0 Å². The van der Waals surface area contributed by atoms with E-state index in [1.165, 1.54) is 15.9 Å². The maximum Gasteiger partial charge on any atom is 0.182 e. The molecule has 0 heterocycles. The average Bonchev–Trinajstić information content (AvgIpc) is 2.85. The van der Waals surface area contributed by atoms with Crippen LogP contribution < -0.4 is 15.9 Å². The molecule has 0 saturated carbocycles. The fourth-order valence-electron chi connectivity index (χ4n) is 4.00. The molecule has 0 amide bonds. The van der Waals surface area contributed by atoms with E-state index in [0.29, 0.717) is 0 Å². The Labute approximate surface area is 184 Å². The first-order valence-electron chi connectivity index (χ1n) is 10.4. The van der Waals surface area contributed by atoms with Crippen molar-refractivity contribution in [3.63, 3.8) is 0 Å². The van der Waals surface area contributed by atoms with Crippen molar-refractivity contribution in [2.45, 2.75) is 6.92 Å². The van der Waals surface area contributed by atoms with Gasteiger partial charge in [-0.25, -0.2) is 0 Å². The summed E-state index contributed by atoms with van der Waals surface area (Å²) in [6.07, 6.45) is 3.62. The zero-order valence-electron chi connectivity index (χ0n) is 17.6. The minimum absolute atomic E-state index is 0.0637. The van der Waals surface area contributed by atoms with E-state index in [1.807, 2.05) is 61.5 Å². The lowest BCUT2D eigenvalue weighted by Gasteiger charge is -2.31. The van der Waals surface area contributed by atoms with Gasteiger partial charge in [-0.3, -0.25) is 4.79 Å². The van der Waals surface area contributed by atoms with Crippen LogP contribution in [0.15, 0.2) is 127 Å². The minimum Gasteiger partial charge on any atom is -0.290 e. The molecule has 0 bridgehead atoms. The van der Waals surface area contributed by atoms with Crippen molar-refractivity contribution in [2.75, 3.05) is 0 Å². The highest BCUT2D eigenvalue weighted by Gasteiger charge is 2.29. The molecule has 4 aromatic carbocycles. The standard InChI is InChI=1S/C29H25OP/c1-24(29(30)23-22-25-14-6-2-7-15-25)31(26-16-8-3-9-17-26,27-18-10-4-11-19-27)28-20-12-5-13-21-28/h2-23H,1H3/b23-22+. The van der Waals surface area contributed by atoms with Crippen molar-refractivity contribution in [3.05, 3.63) is 133 Å². The molecule has 0 atom stereocenters. The first kappa shape index (κ1) is 20.8. The van der Waals surface area contributed by atoms with Crippen molar-refractivity contribution in [1.29, 1.82) is 0 Å². The molecule has 31 heavy (non-hydrogen) atoms. The topological polar surface area (TPSA) is 17.1 Å². The summed E-state index contributed by atoms with van der Waals surface area (Å²) in [6, 6.07) is 41.4. The third-order valence-corrected chi connectivity index (χ3v) is 9.96. The van der Waals surface area contributed by atoms with Crippen molar-refractivity contribution < 1.29 is 4.79 Å². The molecule has 0 N–H and O–H groups in total. The first-order valence-corrected chi connectivity index (χ1v) is 12.2. The Bertz CT molecular complexity index is 1120. The van der Waals surface area contributed by atoms with Gasteiger partial charge >= 0.3 is 0 Å². The van der Waals surface area contributed by atoms with E-state index in [4.69, 9.17) is 0 Å². The second kappa shape index (κ2) is 9.60. The second-order valence-corrected chi connectivity index (χ2v) is 10.9. The molecule has 0 aliphatic rings. The van der Waals surface area contributed by atoms with E-state index in [1.54, 1.807) is 6.08 Å². The number of carbonyl (C=O) groups is 1. The van der Waals surface area contributed by atoms with Gasteiger partial charge in [0.05, 0.1) is 0 Å². The van der Waals surface area contributed by atoms with Crippen LogP contribution in [0, 0.1) is 0 Å². The highest BCUT2D eigenvalue weighted by molar-refractivity contribution is 7.96. The Hall–Kier alpha value is -3.41. The zero-order chi connectivity index (χ0) is 21.5. The summed E-state index contributed by atoms with van der Waals surface area (Å²) in [5.41, 5.74) is 1.02. The number of hydrogen-bond donors (Lipinski definition) is 0. The van der Waals surface area contributed by atoms with Crippen molar-refractivity contribution >= 4 is 40.0 Å². The van der Waals surface area contributed by atoms with E-state index >= 15 is 0 Å². The molecule has 0 fully saturated rings. The maximum atomic E-state index is 13.6. The molecule has 2 heteroatoms. The lowest BCUT2D eigenvalue weighted by Crippen LogP contribution is -2.31. The zero-order valence-corrected chi connectivity index (χ0v) is 18.5. The molecule has 152 valence electrons. The molecule has 4 rings (SSSR count). The normalized spacial score (nSPS) is 11.4. The van der Waals surface area contributed by atoms with Crippen LogP contribution in [-0.2, 0) is 4.79 Å². The van der Waals surface area contributed by atoms with Crippen LogP contribution in [0.3, 0.4) is 0 Å². The van der Waals surface area contributed by atoms with E-state index in [-0.39, 0.29) is 5.78 Å². The summed E-state index contributed by atoms with van der Waals surface area (Å²) >= 11 is 0. The van der Waals surface area contributed by atoms with Crippen LogP contribution in [0.2, 0.25) is 0 Å². The molecule has 0 saturated heterocycles. The maximum absolute atomic E-state index is 13.6. The van der Waals surface area contributed by atoms with E-state index in [0.717, 1.165) is 10.9 Å². The lowest BCUT2D eigenvalue weighted by molar-refractivity contribution is -0.108. The van der Waals surface area contributed by atoms with Crippen LogP contribution >= 0.6 is 6.89 Å². The quantitative estimate of drug-likeness (QED) is 0.299. The largest absolute Gasteiger partial charge is 0.290 e. The van der Waals surface area contributed by atoms with Crippen LogP contribution in [0.25, 0.3) is 6.08 Å². The number of allylic oxidation sites excluding steroid dienone is 1. The summed E-state index contributed by atoms with van der Waals surface area (Å²) in [5, 5.41) is 4.44. The fourth-order valence-corrected chi connectivity index (χ4v) is 8.32.